The molecule has 0 aliphatic heterocycles. The van der Waals surface area contributed by atoms with E-state index in [-0.39, 0.29) is 21.3 Å². The molecule has 0 aromatic heterocycles. The van der Waals surface area contributed by atoms with Gasteiger partial charge in [0.25, 0.3) is 10.0 Å². The van der Waals surface area contributed by atoms with Gasteiger partial charge in [0.2, 0.25) is 10.0 Å². The molecule has 2 aromatic carbocycles. The Kier molecular flexibility index (Phi) is 5.24. The van der Waals surface area contributed by atoms with E-state index in [0.717, 1.165) is 10.7 Å². The van der Waals surface area contributed by atoms with Crippen LogP contribution in [0.1, 0.15) is 0 Å². The van der Waals surface area contributed by atoms with E-state index in [1.807, 2.05) is 0 Å². The second kappa shape index (κ2) is 6.68. The number of halogens is 2. The molecular weight excluding hydrogens is 428 g/mol. The van der Waals surface area contributed by atoms with Gasteiger partial charge in [-0.2, -0.15) is 0 Å². The summed E-state index contributed by atoms with van der Waals surface area (Å²) in [6.45, 7) is 0. The zero-order valence-corrected chi connectivity index (χ0v) is 15.7. The molecule has 0 aliphatic rings. The third kappa shape index (κ3) is 5.10. The number of sulfonamides is 2. The summed E-state index contributed by atoms with van der Waals surface area (Å²) in [7, 11) is -7.24. The molecule has 0 radical (unpaired) electrons. The SMILES string of the molecule is CS(=O)(=O)Nc1ccc(NS(=O)(=O)c2ccc(Br)cc2)cc1Cl. The minimum absolute atomic E-state index is 0.0754. The predicted molar refractivity (Wildman–Crippen MR) is 94.9 cm³/mol. The fourth-order valence-electron chi connectivity index (χ4n) is 1.69. The van der Waals surface area contributed by atoms with Crippen LogP contribution in [-0.4, -0.2) is 23.1 Å². The van der Waals surface area contributed by atoms with Crippen molar-refractivity contribution in [1.82, 2.24) is 0 Å². The van der Waals surface area contributed by atoms with Crippen molar-refractivity contribution in [2.24, 2.45) is 0 Å². The molecule has 2 rings (SSSR count). The van der Waals surface area contributed by atoms with Crippen LogP contribution in [0.2, 0.25) is 5.02 Å². The van der Waals surface area contributed by atoms with Crippen molar-refractivity contribution in [2.45, 2.75) is 4.90 Å². The first-order chi connectivity index (χ1) is 10.6. The molecule has 0 bridgehead atoms. The van der Waals surface area contributed by atoms with E-state index in [1.54, 1.807) is 12.1 Å². The van der Waals surface area contributed by atoms with Crippen LogP contribution >= 0.6 is 27.5 Å². The Morgan fingerprint density at radius 1 is 0.957 bits per heavy atom. The monoisotopic (exact) mass is 438 g/mol. The molecule has 124 valence electrons. The zero-order valence-electron chi connectivity index (χ0n) is 11.7. The smallest absolute Gasteiger partial charge is 0.261 e. The van der Waals surface area contributed by atoms with Crippen molar-refractivity contribution in [2.75, 3.05) is 15.7 Å². The summed E-state index contributed by atoms with van der Waals surface area (Å²) in [6.07, 6.45) is 0.994. The standard InChI is InChI=1S/C13H12BrClN2O4S2/c1-22(18,19)17-13-7-4-10(8-12(13)15)16-23(20,21)11-5-2-9(14)3-6-11/h2-8,16-17H,1H3. The van der Waals surface area contributed by atoms with Crippen molar-refractivity contribution in [1.29, 1.82) is 0 Å². The van der Waals surface area contributed by atoms with Gasteiger partial charge in [-0.15, -0.1) is 0 Å². The van der Waals surface area contributed by atoms with E-state index in [0.29, 0.717) is 0 Å². The summed E-state index contributed by atoms with van der Waals surface area (Å²) in [4.78, 5) is 0.0927. The molecule has 0 amide bonds. The molecule has 0 unspecified atom stereocenters. The summed E-state index contributed by atoms with van der Waals surface area (Å²) in [5, 5.41) is 0.0754. The Morgan fingerprint density at radius 2 is 1.57 bits per heavy atom. The van der Waals surface area contributed by atoms with Crippen molar-refractivity contribution in [3.63, 3.8) is 0 Å². The van der Waals surface area contributed by atoms with E-state index in [2.05, 4.69) is 25.4 Å². The maximum absolute atomic E-state index is 12.3. The van der Waals surface area contributed by atoms with Gasteiger partial charge < -0.3 is 0 Å². The van der Waals surface area contributed by atoms with Gasteiger partial charge in [-0.25, -0.2) is 16.8 Å². The Balaban J connectivity index is 2.26. The molecule has 0 aliphatic carbocycles. The van der Waals surface area contributed by atoms with Crippen molar-refractivity contribution >= 4 is 59.0 Å². The quantitative estimate of drug-likeness (QED) is 0.748. The van der Waals surface area contributed by atoms with E-state index in [9.17, 15) is 16.8 Å². The van der Waals surface area contributed by atoms with Crippen molar-refractivity contribution in [3.05, 3.63) is 52.0 Å². The van der Waals surface area contributed by atoms with Crippen LogP contribution in [0.3, 0.4) is 0 Å². The van der Waals surface area contributed by atoms with Gasteiger partial charge >= 0.3 is 0 Å². The molecule has 0 saturated carbocycles. The Bertz CT molecular complexity index is 929. The predicted octanol–water partition coefficient (Wildman–Crippen LogP) is 3.27. The Labute approximate surface area is 148 Å². The van der Waals surface area contributed by atoms with Gasteiger partial charge in [0, 0.05) is 4.47 Å². The normalized spacial score (nSPS) is 12.0. The molecule has 0 atom stereocenters. The average Bonchev–Trinajstić information content (AvgIpc) is 2.41. The highest BCUT2D eigenvalue weighted by atomic mass is 79.9. The lowest BCUT2D eigenvalue weighted by molar-refractivity contribution is 0.600. The first-order valence-electron chi connectivity index (χ1n) is 6.12. The molecule has 6 nitrogen and oxygen atoms in total. The second-order valence-corrected chi connectivity index (χ2v) is 9.38. The lowest BCUT2D eigenvalue weighted by atomic mass is 10.3. The first-order valence-corrected chi connectivity index (χ1v) is 10.7. The third-order valence-corrected chi connectivity index (χ3v) is 5.47. The van der Waals surface area contributed by atoms with Crippen LogP contribution in [-0.2, 0) is 20.0 Å². The minimum Gasteiger partial charge on any atom is -0.282 e. The second-order valence-electron chi connectivity index (χ2n) is 4.63. The minimum atomic E-state index is -3.76. The van der Waals surface area contributed by atoms with Crippen molar-refractivity contribution < 1.29 is 16.8 Å². The summed E-state index contributed by atoms with van der Waals surface area (Å²) >= 11 is 9.19. The maximum atomic E-state index is 12.3. The summed E-state index contributed by atoms with van der Waals surface area (Å²) < 4.78 is 52.3. The molecule has 0 heterocycles. The highest BCUT2D eigenvalue weighted by Gasteiger charge is 2.15. The van der Waals surface area contributed by atoms with Crippen LogP contribution < -0.4 is 9.44 Å². The fraction of sp³-hybridized carbons (Fsp3) is 0.0769. The van der Waals surface area contributed by atoms with E-state index in [4.69, 9.17) is 11.6 Å². The Hall–Kier alpha value is -1.29. The fourth-order valence-corrected chi connectivity index (χ4v) is 3.86. The van der Waals surface area contributed by atoms with Crippen LogP contribution in [0.5, 0.6) is 0 Å². The number of anilines is 2. The maximum Gasteiger partial charge on any atom is 0.261 e. The molecule has 23 heavy (non-hydrogen) atoms. The van der Waals surface area contributed by atoms with Crippen LogP contribution in [0.4, 0.5) is 11.4 Å². The van der Waals surface area contributed by atoms with Gasteiger partial charge in [0.15, 0.2) is 0 Å². The highest BCUT2D eigenvalue weighted by Crippen LogP contribution is 2.27. The summed E-state index contributed by atoms with van der Waals surface area (Å²) in [5.74, 6) is 0. The van der Waals surface area contributed by atoms with Gasteiger partial charge in [0.05, 0.1) is 27.5 Å². The Morgan fingerprint density at radius 3 is 2.09 bits per heavy atom. The number of rotatable bonds is 5. The summed E-state index contributed by atoms with van der Waals surface area (Å²) in [5.41, 5.74) is 0.387. The van der Waals surface area contributed by atoms with Gasteiger partial charge in [0.1, 0.15) is 0 Å². The summed E-state index contributed by atoms with van der Waals surface area (Å²) in [6, 6.07) is 10.2. The molecule has 10 heteroatoms. The van der Waals surface area contributed by atoms with Gasteiger partial charge in [-0.3, -0.25) is 9.44 Å². The lowest BCUT2D eigenvalue weighted by Gasteiger charge is -2.11. The molecule has 0 saturated heterocycles. The highest BCUT2D eigenvalue weighted by molar-refractivity contribution is 9.10. The topological polar surface area (TPSA) is 92.3 Å². The molecule has 0 fully saturated rings. The average molecular weight is 440 g/mol. The largest absolute Gasteiger partial charge is 0.282 e. The number of hydrogen-bond acceptors (Lipinski definition) is 4. The molecule has 0 spiro atoms. The first kappa shape index (κ1) is 18.1. The molecular formula is C13H12BrClN2O4S2. The van der Waals surface area contributed by atoms with Crippen LogP contribution in [0, 0.1) is 0 Å². The third-order valence-electron chi connectivity index (χ3n) is 2.64. The zero-order chi connectivity index (χ0) is 17.3. The number of benzene rings is 2. The molecule has 2 aromatic rings. The van der Waals surface area contributed by atoms with Crippen molar-refractivity contribution in [3.8, 4) is 0 Å². The van der Waals surface area contributed by atoms with E-state index < -0.39 is 20.0 Å². The van der Waals surface area contributed by atoms with Gasteiger partial charge in [-0.1, -0.05) is 27.5 Å². The van der Waals surface area contributed by atoms with Crippen LogP contribution in [0.25, 0.3) is 0 Å². The lowest BCUT2D eigenvalue weighted by Crippen LogP contribution is -2.13. The number of nitrogens with one attached hydrogen (secondary N) is 2. The molecule has 2 N–H and O–H groups in total. The number of hydrogen-bond donors (Lipinski definition) is 2. The van der Waals surface area contributed by atoms with E-state index >= 15 is 0 Å². The van der Waals surface area contributed by atoms with Crippen LogP contribution in [0.15, 0.2) is 51.8 Å². The van der Waals surface area contributed by atoms with Gasteiger partial charge in [-0.05, 0) is 42.5 Å². The van der Waals surface area contributed by atoms with E-state index in [1.165, 1.54) is 30.3 Å².